The maximum atomic E-state index is 13.9. The maximum absolute atomic E-state index is 13.9. The molecule has 0 aromatic heterocycles. The van der Waals surface area contributed by atoms with Crippen molar-refractivity contribution in [3.63, 3.8) is 0 Å². The lowest BCUT2D eigenvalue weighted by atomic mass is 10.1. The van der Waals surface area contributed by atoms with Crippen LogP contribution in [0.4, 0.5) is 5.69 Å². The SMILES string of the molecule is CC[C@H](C(=O)NC)N(Cc1ccc(Cl)c(Cl)c1)C(=O)CN(c1ccc(Cl)cc1C)S(=O)(=O)c1ccccc1. The predicted octanol–water partition coefficient (Wildman–Crippen LogP) is 5.70. The van der Waals surface area contributed by atoms with Crippen molar-refractivity contribution < 1.29 is 18.0 Å². The van der Waals surface area contributed by atoms with Crippen LogP contribution in [-0.2, 0) is 26.2 Å². The van der Waals surface area contributed by atoms with Gasteiger partial charge < -0.3 is 10.2 Å². The molecule has 3 rings (SSSR count). The summed E-state index contributed by atoms with van der Waals surface area (Å²) < 4.78 is 28.7. The molecule has 202 valence electrons. The minimum absolute atomic E-state index is 0.0144. The van der Waals surface area contributed by atoms with E-state index < -0.39 is 28.5 Å². The lowest BCUT2D eigenvalue weighted by Gasteiger charge is -2.33. The number of rotatable bonds is 10. The van der Waals surface area contributed by atoms with E-state index >= 15 is 0 Å². The Kier molecular flexibility index (Phi) is 10.1. The summed E-state index contributed by atoms with van der Waals surface area (Å²) in [6, 6.07) is 16.7. The topological polar surface area (TPSA) is 86.8 Å². The normalized spacial score (nSPS) is 12.1. The lowest BCUT2D eigenvalue weighted by Crippen LogP contribution is -2.51. The summed E-state index contributed by atoms with van der Waals surface area (Å²) >= 11 is 18.4. The molecular formula is C27H28Cl3N3O4S. The third-order valence-electron chi connectivity index (χ3n) is 6.01. The Morgan fingerprint density at radius 3 is 2.21 bits per heavy atom. The number of nitrogens with zero attached hydrogens (tertiary/aromatic N) is 2. The van der Waals surface area contributed by atoms with E-state index in [4.69, 9.17) is 34.8 Å². The van der Waals surface area contributed by atoms with Crippen LogP contribution in [-0.4, -0.2) is 44.8 Å². The van der Waals surface area contributed by atoms with E-state index in [1.54, 1.807) is 68.4 Å². The molecule has 3 aromatic rings. The standard InChI is InChI=1S/C27H28Cl3N3O4S/c1-4-24(27(35)31-3)32(16-19-10-12-22(29)23(30)15-19)26(34)17-33(25-13-11-20(28)14-18(25)2)38(36,37)21-8-6-5-7-9-21/h5-15,24H,4,16-17H2,1-3H3,(H,31,35)/t24-/m1/s1. The Bertz CT molecular complexity index is 1420. The Balaban J connectivity index is 2.09. The monoisotopic (exact) mass is 595 g/mol. The predicted molar refractivity (Wildman–Crippen MR) is 152 cm³/mol. The Hall–Kier alpha value is -2.78. The van der Waals surface area contributed by atoms with E-state index in [1.165, 1.54) is 24.1 Å². The fourth-order valence-electron chi connectivity index (χ4n) is 4.05. The summed E-state index contributed by atoms with van der Waals surface area (Å²) in [6.07, 6.45) is 0.304. The molecule has 0 aliphatic carbocycles. The molecule has 0 radical (unpaired) electrons. The average molecular weight is 597 g/mol. The van der Waals surface area contributed by atoms with Crippen LogP contribution in [0.3, 0.4) is 0 Å². The van der Waals surface area contributed by atoms with Crippen LogP contribution in [0.2, 0.25) is 15.1 Å². The Morgan fingerprint density at radius 2 is 1.63 bits per heavy atom. The van der Waals surface area contributed by atoms with Gasteiger partial charge in [0.2, 0.25) is 11.8 Å². The van der Waals surface area contributed by atoms with Gasteiger partial charge in [0.25, 0.3) is 10.0 Å². The summed E-state index contributed by atoms with van der Waals surface area (Å²) in [4.78, 5) is 28.1. The Morgan fingerprint density at radius 1 is 0.947 bits per heavy atom. The molecule has 0 saturated heterocycles. The van der Waals surface area contributed by atoms with Gasteiger partial charge in [0.1, 0.15) is 12.6 Å². The number of hydrogen-bond donors (Lipinski definition) is 1. The van der Waals surface area contributed by atoms with Crippen molar-refractivity contribution in [2.75, 3.05) is 17.9 Å². The molecule has 7 nitrogen and oxygen atoms in total. The largest absolute Gasteiger partial charge is 0.357 e. The molecule has 0 spiro atoms. The number of carbonyl (C=O) groups is 2. The number of nitrogens with one attached hydrogen (secondary N) is 1. The number of benzene rings is 3. The van der Waals surface area contributed by atoms with E-state index in [9.17, 15) is 18.0 Å². The average Bonchev–Trinajstić information content (AvgIpc) is 2.89. The van der Waals surface area contributed by atoms with Gasteiger partial charge in [0.15, 0.2) is 0 Å². The van der Waals surface area contributed by atoms with Gasteiger partial charge in [-0.05, 0) is 66.9 Å². The number of hydrogen-bond acceptors (Lipinski definition) is 4. The molecular weight excluding hydrogens is 569 g/mol. The van der Waals surface area contributed by atoms with Gasteiger partial charge in [-0.2, -0.15) is 0 Å². The van der Waals surface area contributed by atoms with Gasteiger partial charge >= 0.3 is 0 Å². The zero-order valence-electron chi connectivity index (χ0n) is 21.1. The summed E-state index contributed by atoms with van der Waals surface area (Å²) in [5.74, 6) is -0.943. The van der Waals surface area contributed by atoms with E-state index in [0.717, 1.165) is 4.31 Å². The molecule has 0 aliphatic rings. The molecule has 0 heterocycles. The summed E-state index contributed by atoms with van der Waals surface area (Å²) in [5, 5.41) is 3.67. The molecule has 38 heavy (non-hydrogen) atoms. The highest BCUT2D eigenvalue weighted by atomic mass is 35.5. The van der Waals surface area contributed by atoms with E-state index in [1.807, 2.05) is 0 Å². The smallest absolute Gasteiger partial charge is 0.264 e. The van der Waals surface area contributed by atoms with Crippen molar-refractivity contribution in [3.05, 3.63) is 92.9 Å². The van der Waals surface area contributed by atoms with Crippen LogP contribution in [0.1, 0.15) is 24.5 Å². The second kappa shape index (κ2) is 12.8. The number of carbonyl (C=O) groups excluding carboxylic acids is 2. The molecule has 0 unspecified atom stereocenters. The van der Waals surface area contributed by atoms with Crippen LogP contribution in [0.5, 0.6) is 0 Å². The summed E-state index contributed by atoms with van der Waals surface area (Å²) in [6.45, 7) is 2.96. The van der Waals surface area contributed by atoms with E-state index in [0.29, 0.717) is 38.3 Å². The minimum Gasteiger partial charge on any atom is -0.357 e. The third-order valence-corrected chi connectivity index (χ3v) is 8.75. The van der Waals surface area contributed by atoms with Crippen LogP contribution < -0.4 is 9.62 Å². The number of sulfonamides is 1. The number of amides is 2. The molecule has 11 heteroatoms. The van der Waals surface area contributed by atoms with Gasteiger partial charge in [-0.3, -0.25) is 13.9 Å². The van der Waals surface area contributed by atoms with Crippen molar-refractivity contribution in [2.24, 2.45) is 0 Å². The summed E-state index contributed by atoms with van der Waals surface area (Å²) in [7, 11) is -2.68. The molecule has 0 bridgehead atoms. The van der Waals surface area contributed by atoms with Gasteiger partial charge in [-0.1, -0.05) is 66.0 Å². The third kappa shape index (κ3) is 6.80. The summed E-state index contributed by atoms with van der Waals surface area (Å²) in [5.41, 5.74) is 1.50. The number of anilines is 1. The highest BCUT2D eigenvalue weighted by Gasteiger charge is 2.34. The highest BCUT2D eigenvalue weighted by Crippen LogP contribution is 2.30. The first-order valence-corrected chi connectivity index (χ1v) is 14.4. The highest BCUT2D eigenvalue weighted by molar-refractivity contribution is 7.92. The van der Waals surface area contributed by atoms with Crippen LogP contribution in [0.15, 0.2) is 71.6 Å². The van der Waals surface area contributed by atoms with Gasteiger partial charge in [0, 0.05) is 18.6 Å². The molecule has 0 aliphatic heterocycles. The zero-order chi connectivity index (χ0) is 28.0. The zero-order valence-corrected chi connectivity index (χ0v) is 24.2. The Labute approximate surface area is 238 Å². The number of likely N-dealkylation sites (N-methyl/N-ethyl adjacent to an activating group) is 1. The van der Waals surface area contributed by atoms with Crippen LogP contribution in [0, 0.1) is 6.92 Å². The molecule has 2 amide bonds. The minimum atomic E-state index is -4.16. The molecule has 3 aromatic carbocycles. The van der Waals surface area contributed by atoms with Crippen molar-refractivity contribution in [1.82, 2.24) is 10.2 Å². The van der Waals surface area contributed by atoms with Gasteiger partial charge in [-0.15, -0.1) is 0 Å². The van der Waals surface area contributed by atoms with E-state index in [2.05, 4.69) is 5.32 Å². The van der Waals surface area contributed by atoms with Crippen molar-refractivity contribution in [2.45, 2.75) is 37.8 Å². The van der Waals surface area contributed by atoms with Crippen molar-refractivity contribution >= 4 is 62.3 Å². The van der Waals surface area contributed by atoms with Gasteiger partial charge in [-0.25, -0.2) is 8.42 Å². The van der Waals surface area contributed by atoms with Gasteiger partial charge in [0.05, 0.1) is 20.6 Å². The molecule has 1 atom stereocenters. The first-order valence-electron chi connectivity index (χ1n) is 11.8. The first-order chi connectivity index (χ1) is 18.0. The van der Waals surface area contributed by atoms with Crippen molar-refractivity contribution in [1.29, 1.82) is 0 Å². The van der Waals surface area contributed by atoms with Crippen LogP contribution in [0.25, 0.3) is 0 Å². The lowest BCUT2D eigenvalue weighted by molar-refractivity contribution is -0.140. The van der Waals surface area contributed by atoms with Crippen LogP contribution >= 0.6 is 34.8 Å². The second-order valence-corrected chi connectivity index (χ2v) is 11.7. The number of halogens is 3. The second-order valence-electron chi connectivity index (χ2n) is 8.56. The number of aryl methyl sites for hydroxylation is 1. The molecule has 0 saturated carbocycles. The fourth-order valence-corrected chi connectivity index (χ4v) is 6.10. The maximum Gasteiger partial charge on any atom is 0.264 e. The van der Waals surface area contributed by atoms with Crippen molar-refractivity contribution in [3.8, 4) is 0 Å². The molecule has 0 fully saturated rings. The molecule has 1 N–H and O–H groups in total. The fraction of sp³-hybridized carbons (Fsp3) is 0.259. The van der Waals surface area contributed by atoms with E-state index in [-0.39, 0.29) is 17.3 Å². The first kappa shape index (κ1) is 29.8. The quantitative estimate of drug-likeness (QED) is 0.325.